The quantitative estimate of drug-likeness (QED) is 0.777. The standard InChI is InChI=1S/C8H15N3S/c1-3-11-7(6-12-4-2)5-10-8(11)9/h5H,3-4,6H2,1-2H3,(H2,9,10). The highest BCUT2D eigenvalue weighted by Gasteiger charge is 2.03. The Labute approximate surface area is 77.4 Å². The number of nitrogens with zero attached hydrogens (tertiary/aromatic N) is 2. The van der Waals surface area contributed by atoms with Gasteiger partial charge < -0.3 is 10.3 Å². The molecule has 0 saturated heterocycles. The first-order chi connectivity index (χ1) is 5.79. The van der Waals surface area contributed by atoms with E-state index in [1.807, 2.05) is 22.5 Å². The van der Waals surface area contributed by atoms with Crippen LogP contribution < -0.4 is 5.73 Å². The fourth-order valence-corrected chi connectivity index (χ4v) is 1.76. The van der Waals surface area contributed by atoms with Crippen molar-refractivity contribution in [3.05, 3.63) is 11.9 Å². The van der Waals surface area contributed by atoms with Crippen molar-refractivity contribution >= 4 is 17.7 Å². The van der Waals surface area contributed by atoms with Gasteiger partial charge >= 0.3 is 0 Å². The van der Waals surface area contributed by atoms with Crippen molar-refractivity contribution in [2.24, 2.45) is 0 Å². The molecule has 1 aromatic heterocycles. The summed E-state index contributed by atoms with van der Waals surface area (Å²) >= 11 is 1.89. The lowest BCUT2D eigenvalue weighted by Crippen LogP contribution is -2.04. The Morgan fingerprint density at radius 3 is 2.92 bits per heavy atom. The van der Waals surface area contributed by atoms with E-state index < -0.39 is 0 Å². The molecule has 0 aromatic carbocycles. The number of nitrogen functional groups attached to an aromatic ring is 1. The highest BCUT2D eigenvalue weighted by Crippen LogP contribution is 2.14. The number of nitrogens with two attached hydrogens (primary N) is 1. The minimum Gasteiger partial charge on any atom is -0.369 e. The Hall–Kier alpha value is -0.640. The lowest BCUT2D eigenvalue weighted by Gasteiger charge is -2.05. The minimum absolute atomic E-state index is 0.629. The van der Waals surface area contributed by atoms with Crippen LogP contribution in [-0.2, 0) is 12.3 Å². The van der Waals surface area contributed by atoms with E-state index >= 15 is 0 Å². The highest BCUT2D eigenvalue weighted by molar-refractivity contribution is 7.98. The van der Waals surface area contributed by atoms with Gasteiger partial charge in [-0.05, 0) is 12.7 Å². The summed E-state index contributed by atoms with van der Waals surface area (Å²) in [5.74, 6) is 2.77. The Kier molecular flexibility index (Phi) is 3.47. The molecule has 0 spiro atoms. The zero-order chi connectivity index (χ0) is 8.97. The molecule has 0 amide bonds. The summed E-state index contributed by atoms with van der Waals surface area (Å²) in [5, 5.41) is 0. The van der Waals surface area contributed by atoms with Crippen molar-refractivity contribution in [3.63, 3.8) is 0 Å². The van der Waals surface area contributed by atoms with Crippen LogP contribution in [-0.4, -0.2) is 15.3 Å². The fraction of sp³-hybridized carbons (Fsp3) is 0.625. The first-order valence-electron chi connectivity index (χ1n) is 4.17. The topological polar surface area (TPSA) is 43.8 Å². The van der Waals surface area contributed by atoms with E-state index in [2.05, 4.69) is 18.8 Å². The molecule has 0 aliphatic carbocycles. The van der Waals surface area contributed by atoms with Crippen molar-refractivity contribution in [1.82, 2.24) is 9.55 Å². The first kappa shape index (κ1) is 9.45. The predicted octanol–water partition coefficient (Wildman–Crippen LogP) is 1.74. The van der Waals surface area contributed by atoms with Crippen LogP contribution in [0, 0.1) is 0 Å². The largest absolute Gasteiger partial charge is 0.369 e. The van der Waals surface area contributed by atoms with Gasteiger partial charge in [0.15, 0.2) is 5.95 Å². The number of imidazole rings is 1. The van der Waals surface area contributed by atoms with E-state index in [-0.39, 0.29) is 0 Å². The van der Waals surface area contributed by atoms with Crippen molar-refractivity contribution in [2.45, 2.75) is 26.1 Å². The number of hydrogen-bond donors (Lipinski definition) is 1. The Morgan fingerprint density at radius 1 is 1.58 bits per heavy atom. The Bertz CT molecular complexity index is 244. The van der Waals surface area contributed by atoms with Crippen molar-refractivity contribution < 1.29 is 0 Å². The monoisotopic (exact) mass is 185 g/mol. The summed E-state index contributed by atoms with van der Waals surface area (Å²) < 4.78 is 2.04. The van der Waals surface area contributed by atoms with Gasteiger partial charge in [0.05, 0.1) is 6.20 Å². The van der Waals surface area contributed by atoms with Crippen LogP contribution in [0.4, 0.5) is 5.95 Å². The summed E-state index contributed by atoms with van der Waals surface area (Å²) in [7, 11) is 0. The lowest BCUT2D eigenvalue weighted by atomic mass is 10.5. The average Bonchev–Trinajstić information content (AvgIpc) is 2.43. The maximum Gasteiger partial charge on any atom is 0.200 e. The molecule has 1 rings (SSSR count). The second-order valence-corrected chi connectivity index (χ2v) is 3.76. The maximum atomic E-state index is 5.67. The summed E-state index contributed by atoms with van der Waals surface area (Å²) in [5.41, 5.74) is 6.89. The third-order valence-corrected chi connectivity index (χ3v) is 2.65. The molecule has 1 heterocycles. The molecule has 2 N–H and O–H groups in total. The third-order valence-electron chi connectivity index (χ3n) is 1.74. The number of anilines is 1. The van der Waals surface area contributed by atoms with E-state index in [0.29, 0.717) is 5.95 Å². The average molecular weight is 185 g/mol. The van der Waals surface area contributed by atoms with Gasteiger partial charge in [0, 0.05) is 18.0 Å². The summed E-state index contributed by atoms with van der Waals surface area (Å²) in [4.78, 5) is 4.07. The Balaban J connectivity index is 2.70. The van der Waals surface area contributed by atoms with E-state index in [1.54, 1.807) is 0 Å². The smallest absolute Gasteiger partial charge is 0.200 e. The molecule has 0 bridgehead atoms. The van der Waals surface area contributed by atoms with E-state index in [1.165, 1.54) is 5.69 Å². The summed E-state index contributed by atoms with van der Waals surface area (Å²) in [6.45, 7) is 5.14. The molecule has 0 radical (unpaired) electrons. The van der Waals surface area contributed by atoms with Gasteiger partial charge in [-0.25, -0.2) is 4.98 Å². The van der Waals surface area contributed by atoms with Crippen LogP contribution in [0.15, 0.2) is 6.20 Å². The molecule has 0 unspecified atom stereocenters. The van der Waals surface area contributed by atoms with Gasteiger partial charge in [0.1, 0.15) is 0 Å². The highest BCUT2D eigenvalue weighted by atomic mass is 32.2. The molecular weight excluding hydrogens is 170 g/mol. The van der Waals surface area contributed by atoms with Crippen LogP contribution in [0.5, 0.6) is 0 Å². The van der Waals surface area contributed by atoms with Crippen LogP contribution in [0.1, 0.15) is 19.5 Å². The van der Waals surface area contributed by atoms with Gasteiger partial charge in [-0.3, -0.25) is 0 Å². The summed E-state index contributed by atoms with van der Waals surface area (Å²) in [6, 6.07) is 0. The maximum absolute atomic E-state index is 5.67. The van der Waals surface area contributed by atoms with Crippen LogP contribution in [0.25, 0.3) is 0 Å². The molecule has 4 heteroatoms. The third kappa shape index (κ3) is 1.94. The molecule has 0 atom stereocenters. The zero-order valence-corrected chi connectivity index (χ0v) is 8.40. The van der Waals surface area contributed by atoms with Gasteiger partial charge in [-0.1, -0.05) is 6.92 Å². The van der Waals surface area contributed by atoms with E-state index in [4.69, 9.17) is 5.73 Å². The van der Waals surface area contributed by atoms with Crippen molar-refractivity contribution in [2.75, 3.05) is 11.5 Å². The van der Waals surface area contributed by atoms with Gasteiger partial charge in [-0.15, -0.1) is 0 Å². The molecule has 0 aliphatic rings. The SMILES string of the molecule is CCSCc1cnc(N)n1CC. The van der Waals surface area contributed by atoms with Crippen molar-refractivity contribution in [3.8, 4) is 0 Å². The summed E-state index contributed by atoms with van der Waals surface area (Å²) in [6.07, 6.45) is 1.86. The molecule has 0 saturated carbocycles. The Morgan fingerprint density at radius 2 is 2.33 bits per heavy atom. The number of thioether (sulfide) groups is 1. The molecular formula is C8H15N3S. The van der Waals surface area contributed by atoms with E-state index in [9.17, 15) is 0 Å². The van der Waals surface area contributed by atoms with Gasteiger partial charge in [-0.2, -0.15) is 11.8 Å². The van der Waals surface area contributed by atoms with Crippen LogP contribution in [0.3, 0.4) is 0 Å². The molecule has 0 aliphatic heterocycles. The number of aromatic nitrogens is 2. The zero-order valence-electron chi connectivity index (χ0n) is 7.58. The van der Waals surface area contributed by atoms with Gasteiger partial charge in [0.2, 0.25) is 0 Å². The number of hydrogen-bond acceptors (Lipinski definition) is 3. The second-order valence-electron chi connectivity index (χ2n) is 2.49. The normalized spacial score (nSPS) is 10.5. The van der Waals surface area contributed by atoms with E-state index in [0.717, 1.165) is 18.1 Å². The van der Waals surface area contributed by atoms with Gasteiger partial charge in [0.25, 0.3) is 0 Å². The van der Waals surface area contributed by atoms with Crippen LogP contribution in [0.2, 0.25) is 0 Å². The number of rotatable bonds is 4. The molecule has 1 aromatic rings. The molecule has 0 fully saturated rings. The second kappa shape index (κ2) is 4.40. The molecule has 12 heavy (non-hydrogen) atoms. The first-order valence-corrected chi connectivity index (χ1v) is 5.32. The predicted molar refractivity (Wildman–Crippen MR) is 54.1 cm³/mol. The fourth-order valence-electron chi connectivity index (χ4n) is 1.11. The van der Waals surface area contributed by atoms with Crippen molar-refractivity contribution in [1.29, 1.82) is 0 Å². The minimum atomic E-state index is 0.629. The lowest BCUT2D eigenvalue weighted by molar-refractivity contribution is 0.746. The molecule has 3 nitrogen and oxygen atoms in total. The molecule has 68 valence electrons. The van der Waals surface area contributed by atoms with Crippen LogP contribution >= 0.6 is 11.8 Å².